The first-order valence-electron chi connectivity index (χ1n) is 13.5. The van der Waals surface area contributed by atoms with Crippen LogP contribution in [0.5, 0.6) is 17.2 Å². The molecule has 9 heteroatoms. The lowest BCUT2D eigenvalue weighted by molar-refractivity contribution is 0.174. The minimum atomic E-state index is -0.588. The van der Waals surface area contributed by atoms with Crippen LogP contribution in [0.2, 0.25) is 0 Å². The summed E-state index contributed by atoms with van der Waals surface area (Å²) in [5.74, 6) is 3.72. The van der Waals surface area contributed by atoms with Gasteiger partial charge in [-0.25, -0.2) is 9.79 Å². The third-order valence-corrected chi connectivity index (χ3v) is 6.92. The predicted octanol–water partition coefficient (Wildman–Crippen LogP) is 6.14. The summed E-state index contributed by atoms with van der Waals surface area (Å²) in [6.45, 7) is 5.64. The number of nitrogens with one attached hydrogen (secondary N) is 1. The van der Waals surface area contributed by atoms with Crippen LogP contribution in [0, 0.1) is 0 Å². The molecule has 204 valence electrons. The number of aromatic nitrogens is 2. The zero-order chi connectivity index (χ0) is 27.5. The first-order valence-corrected chi connectivity index (χ1v) is 13.5. The van der Waals surface area contributed by atoms with Crippen molar-refractivity contribution in [3.63, 3.8) is 0 Å². The molecule has 0 saturated carbocycles. The number of nitrogens with zero attached hydrogens (tertiary/aromatic N) is 3. The molecule has 0 radical (unpaired) electrons. The van der Waals surface area contributed by atoms with E-state index in [2.05, 4.69) is 47.1 Å². The topological polar surface area (TPSA) is 102 Å². The molecule has 2 aliphatic rings. The highest BCUT2D eigenvalue weighted by atomic mass is 16.7. The summed E-state index contributed by atoms with van der Waals surface area (Å²) in [5, 5.41) is 3.98. The quantitative estimate of drug-likeness (QED) is 0.273. The van der Waals surface area contributed by atoms with E-state index in [0.29, 0.717) is 36.2 Å². The Balaban J connectivity index is 1.31. The van der Waals surface area contributed by atoms with Crippen LogP contribution in [0.4, 0.5) is 0 Å². The van der Waals surface area contributed by atoms with E-state index in [1.54, 1.807) is 0 Å². The van der Waals surface area contributed by atoms with Gasteiger partial charge in [0.2, 0.25) is 6.79 Å². The van der Waals surface area contributed by atoms with Gasteiger partial charge in [0.25, 0.3) is 0 Å². The van der Waals surface area contributed by atoms with Crippen molar-refractivity contribution in [2.45, 2.75) is 39.7 Å². The summed E-state index contributed by atoms with van der Waals surface area (Å²) in [6, 6.07) is 21.8. The third-order valence-electron chi connectivity index (χ3n) is 6.92. The fourth-order valence-electron chi connectivity index (χ4n) is 5.00. The van der Waals surface area contributed by atoms with Crippen molar-refractivity contribution in [3.8, 4) is 39.8 Å². The molecule has 1 N–H and O–H groups in total. The van der Waals surface area contributed by atoms with Gasteiger partial charge in [0, 0.05) is 24.6 Å². The highest BCUT2D eigenvalue weighted by Crippen LogP contribution is 2.37. The number of amidine groups is 1. The number of hydrogen-bond acceptors (Lipinski definition) is 8. The number of H-pyrrole nitrogens is 1. The van der Waals surface area contributed by atoms with Crippen molar-refractivity contribution in [2.24, 2.45) is 4.99 Å². The molecule has 2 aliphatic heterocycles. The number of aromatic amines is 1. The van der Waals surface area contributed by atoms with Crippen LogP contribution in [0.3, 0.4) is 0 Å². The normalized spacial score (nSPS) is 14.4. The van der Waals surface area contributed by atoms with Gasteiger partial charge in [-0.15, -0.1) is 0 Å². The summed E-state index contributed by atoms with van der Waals surface area (Å²) in [5.41, 5.74) is 4.76. The Kier molecular flexibility index (Phi) is 7.09. The first-order chi connectivity index (χ1) is 19.6. The minimum Gasteiger partial charge on any atom is -0.458 e. The minimum absolute atomic E-state index is 0.216. The molecule has 40 heavy (non-hydrogen) atoms. The van der Waals surface area contributed by atoms with Crippen molar-refractivity contribution in [2.75, 3.05) is 13.3 Å². The smallest absolute Gasteiger partial charge is 0.439 e. The molecule has 0 saturated heterocycles. The second kappa shape index (κ2) is 11.1. The molecular weight excluding hydrogens is 508 g/mol. The van der Waals surface area contributed by atoms with E-state index in [1.165, 1.54) is 0 Å². The molecule has 0 unspecified atom stereocenters. The van der Waals surface area contributed by atoms with Crippen LogP contribution in [0.25, 0.3) is 22.5 Å². The van der Waals surface area contributed by atoms with E-state index in [0.717, 1.165) is 58.8 Å². The molecule has 3 heterocycles. The van der Waals surface area contributed by atoms with Crippen molar-refractivity contribution in [1.82, 2.24) is 15.0 Å². The van der Waals surface area contributed by atoms with Crippen molar-refractivity contribution in [1.29, 1.82) is 0 Å². The highest BCUT2D eigenvalue weighted by molar-refractivity contribution is 5.85. The van der Waals surface area contributed by atoms with E-state index in [4.69, 9.17) is 23.7 Å². The second-order valence-corrected chi connectivity index (χ2v) is 9.66. The van der Waals surface area contributed by atoms with Crippen molar-refractivity contribution < 1.29 is 18.7 Å². The van der Waals surface area contributed by atoms with Gasteiger partial charge in [-0.1, -0.05) is 61.5 Å². The zero-order valence-electron chi connectivity index (χ0n) is 22.5. The van der Waals surface area contributed by atoms with Crippen LogP contribution in [0.1, 0.15) is 38.7 Å². The Labute approximate surface area is 231 Å². The van der Waals surface area contributed by atoms with E-state index in [1.807, 2.05) is 48.5 Å². The number of allylic oxidation sites excluding steroid dienone is 1. The molecule has 4 aromatic rings. The van der Waals surface area contributed by atoms with Crippen molar-refractivity contribution in [3.05, 3.63) is 94.3 Å². The molecule has 0 amide bonds. The van der Waals surface area contributed by atoms with E-state index in [-0.39, 0.29) is 6.79 Å². The summed E-state index contributed by atoms with van der Waals surface area (Å²) in [4.78, 5) is 21.8. The molecule has 6 rings (SSSR count). The number of fused-ring (bicyclic) bond motifs is 1. The summed E-state index contributed by atoms with van der Waals surface area (Å²) < 4.78 is 22.2. The van der Waals surface area contributed by atoms with Crippen LogP contribution in [-0.4, -0.2) is 34.2 Å². The highest BCUT2D eigenvalue weighted by Gasteiger charge is 2.24. The fourth-order valence-corrected chi connectivity index (χ4v) is 5.00. The Morgan fingerprint density at radius 1 is 0.975 bits per heavy atom. The third kappa shape index (κ3) is 5.22. The van der Waals surface area contributed by atoms with Crippen molar-refractivity contribution >= 4 is 5.84 Å². The van der Waals surface area contributed by atoms with Crippen LogP contribution >= 0.6 is 0 Å². The lowest BCUT2D eigenvalue weighted by Gasteiger charge is -2.32. The maximum atomic E-state index is 11.8. The van der Waals surface area contributed by atoms with Gasteiger partial charge in [-0.2, -0.15) is 0 Å². The van der Waals surface area contributed by atoms with Crippen LogP contribution < -0.4 is 20.0 Å². The SMILES string of the molecule is CCCC1=NC(CC)=C(Oc2ccc3c(c2)OCO3)CN1Cc1ccc(-c2ccccc2)c(-c2noc(=O)[nH]2)c1. The van der Waals surface area contributed by atoms with Gasteiger partial charge < -0.3 is 19.1 Å². The summed E-state index contributed by atoms with van der Waals surface area (Å²) in [6.07, 6.45) is 2.59. The monoisotopic (exact) mass is 538 g/mol. The van der Waals surface area contributed by atoms with E-state index >= 15 is 0 Å². The number of aliphatic imine (C=N–C) groups is 1. The molecule has 0 bridgehead atoms. The lowest BCUT2D eigenvalue weighted by atomic mass is 9.96. The van der Waals surface area contributed by atoms with Gasteiger partial charge in [-0.3, -0.25) is 9.51 Å². The number of hydrogen-bond donors (Lipinski definition) is 1. The molecule has 0 aliphatic carbocycles. The molecule has 0 fully saturated rings. The van der Waals surface area contributed by atoms with E-state index < -0.39 is 5.76 Å². The molecule has 1 aromatic heterocycles. The standard InChI is InChI=1S/C31H30N4O5/c1-3-8-29-32-25(4-2)28(39-22-12-14-26-27(16-22)38-19-37-26)18-35(29)17-20-11-13-23(21-9-6-5-7-10-21)24(15-20)30-33-31(36)40-34-30/h5-7,9-16H,3-4,8,17-19H2,1-2H3,(H,33,34,36). The number of benzene rings is 3. The average molecular weight is 539 g/mol. The molecule has 9 nitrogen and oxygen atoms in total. The first kappa shape index (κ1) is 25.5. The van der Waals surface area contributed by atoms with Gasteiger partial charge >= 0.3 is 5.76 Å². The van der Waals surface area contributed by atoms with E-state index in [9.17, 15) is 4.79 Å². The number of ether oxygens (including phenoxy) is 3. The Bertz CT molecular complexity index is 1640. The van der Waals surface area contributed by atoms with Gasteiger partial charge in [-0.05, 0) is 47.7 Å². The largest absolute Gasteiger partial charge is 0.458 e. The van der Waals surface area contributed by atoms with Gasteiger partial charge in [0.15, 0.2) is 17.3 Å². The Morgan fingerprint density at radius 2 is 1.82 bits per heavy atom. The van der Waals surface area contributed by atoms with Gasteiger partial charge in [0.1, 0.15) is 17.3 Å². The number of rotatable bonds is 9. The van der Waals surface area contributed by atoms with Crippen LogP contribution in [-0.2, 0) is 6.54 Å². The zero-order valence-corrected chi connectivity index (χ0v) is 22.5. The predicted molar refractivity (Wildman–Crippen MR) is 151 cm³/mol. The second-order valence-electron chi connectivity index (χ2n) is 9.66. The molecule has 0 spiro atoms. The maximum absolute atomic E-state index is 11.8. The lowest BCUT2D eigenvalue weighted by Crippen LogP contribution is -2.36. The summed E-state index contributed by atoms with van der Waals surface area (Å²) in [7, 11) is 0. The Hall–Kier alpha value is -4.79. The maximum Gasteiger partial charge on any atom is 0.439 e. The molecule has 3 aromatic carbocycles. The average Bonchev–Trinajstić information content (AvgIpc) is 3.63. The molecule has 0 atom stereocenters. The van der Waals surface area contributed by atoms with Gasteiger partial charge in [0.05, 0.1) is 12.2 Å². The van der Waals surface area contributed by atoms with Crippen LogP contribution in [0.15, 0.2) is 92.5 Å². The fraction of sp³-hybridized carbons (Fsp3) is 0.258. The summed E-state index contributed by atoms with van der Waals surface area (Å²) >= 11 is 0. The Morgan fingerprint density at radius 3 is 2.60 bits per heavy atom. The molecular formula is C31H30N4O5.